The van der Waals surface area contributed by atoms with Gasteiger partial charge in [-0.15, -0.1) is 0 Å². The third-order valence-electron chi connectivity index (χ3n) is 4.65. The van der Waals surface area contributed by atoms with Gasteiger partial charge in [0.2, 0.25) is 10.0 Å². The maximum atomic E-state index is 12.6. The lowest BCUT2D eigenvalue weighted by Crippen LogP contribution is -2.36. The summed E-state index contributed by atoms with van der Waals surface area (Å²) in [5.74, 6) is -1.48. The molecule has 1 atom stereocenters. The molecule has 1 amide bonds. The Kier molecular flexibility index (Phi) is 9.88. The number of esters is 1. The maximum Gasteiger partial charge on any atom is 0.338 e. The van der Waals surface area contributed by atoms with Gasteiger partial charge in [-0.05, 0) is 31.0 Å². The van der Waals surface area contributed by atoms with Crippen LogP contribution < -0.4 is 4.72 Å². The quantitative estimate of drug-likeness (QED) is 0.467. The van der Waals surface area contributed by atoms with Gasteiger partial charge in [-0.1, -0.05) is 11.6 Å². The average Bonchev–Trinajstić information content (AvgIpc) is 3.30. The van der Waals surface area contributed by atoms with Crippen LogP contribution in [0.5, 0.6) is 0 Å². The Bertz CT molecular complexity index is 994. The SMILES string of the molecule is N#CCCN(CCC#N)C(=O)COC(=O)c1ccc(Cl)c(S(=O)(=O)NCC2CCCO2)c1. The summed E-state index contributed by atoms with van der Waals surface area (Å²) in [6.45, 7) is 0.265. The molecular weight excluding hydrogens is 460 g/mol. The van der Waals surface area contributed by atoms with Crippen LogP contribution in [-0.2, 0) is 24.3 Å². The van der Waals surface area contributed by atoms with Crippen LogP contribution in [0.15, 0.2) is 23.1 Å². The van der Waals surface area contributed by atoms with E-state index in [1.165, 1.54) is 17.0 Å². The van der Waals surface area contributed by atoms with Crippen LogP contribution in [-0.4, -0.2) is 64.1 Å². The van der Waals surface area contributed by atoms with Crippen LogP contribution >= 0.6 is 11.6 Å². The van der Waals surface area contributed by atoms with E-state index in [0.29, 0.717) is 6.61 Å². The first-order valence-electron chi connectivity index (χ1n) is 9.88. The number of hydrogen-bond donors (Lipinski definition) is 1. The maximum absolute atomic E-state index is 12.6. The number of carbonyl (C=O) groups is 2. The lowest BCUT2D eigenvalue weighted by Gasteiger charge is -2.20. The van der Waals surface area contributed by atoms with Crippen LogP contribution in [0.3, 0.4) is 0 Å². The Morgan fingerprint density at radius 1 is 1.25 bits per heavy atom. The summed E-state index contributed by atoms with van der Waals surface area (Å²) >= 11 is 6.03. The van der Waals surface area contributed by atoms with Crippen LogP contribution in [0.1, 0.15) is 36.0 Å². The van der Waals surface area contributed by atoms with Gasteiger partial charge in [-0.2, -0.15) is 10.5 Å². The fourth-order valence-corrected chi connectivity index (χ4v) is 4.54. The first kappa shape index (κ1) is 25.6. The molecule has 1 aliphatic rings. The van der Waals surface area contributed by atoms with Gasteiger partial charge in [0.25, 0.3) is 5.91 Å². The number of sulfonamides is 1. The standard InChI is InChI=1S/C20H23ClN4O6S/c21-17-6-5-15(12-18(17)32(28,29)24-13-16-4-1-11-30-16)20(27)31-14-19(26)25(9-2-7-22)10-3-8-23/h5-6,12,16,24H,1-4,9-11,13-14H2. The third kappa shape index (κ3) is 7.46. The predicted molar refractivity (Wildman–Crippen MR) is 113 cm³/mol. The van der Waals surface area contributed by atoms with Crippen molar-refractivity contribution in [2.75, 3.05) is 32.8 Å². The Hall–Kier alpha value is -2.70. The highest BCUT2D eigenvalue weighted by molar-refractivity contribution is 7.89. The summed E-state index contributed by atoms with van der Waals surface area (Å²) in [5.41, 5.74) is -0.0970. The minimum absolute atomic E-state index is 0.0718. The molecule has 2 rings (SSSR count). The fourth-order valence-electron chi connectivity index (χ4n) is 2.96. The van der Waals surface area contributed by atoms with E-state index < -0.39 is 28.5 Å². The molecule has 0 bridgehead atoms. The zero-order chi connectivity index (χ0) is 23.6. The Morgan fingerprint density at radius 3 is 2.53 bits per heavy atom. The number of nitrogens with zero attached hydrogens (tertiary/aromatic N) is 3. The highest BCUT2D eigenvalue weighted by atomic mass is 35.5. The first-order chi connectivity index (χ1) is 15.3. The topological polar surface area (TPSA) is 150 Å². The lowest BCUT2D eigenvalue weighted by atomic mass is 10.2. The number of nitrogens with one attached hydrogen (secondary N) is 1. The Balaban J connectivity index is 2.03. The monoisotopic (exact) mass is 482 g/mol. The van der Waals surface area contributed by atoms with Crippen molar-refractivity contribution in [1.29, 1.82) is 10.5 Å². The molecule has 12 heteroatoms. The molecule has 1 unspecified atom stereocenters. The second-order valence-electron chi connectivity index (χ2n) is 6.91. The summed E-state index contributed by atoms with van der Waals surface area (Å²) in [4.78, 5) is 25.6. The van der Waals surface area contributed by atoms with Crippen molar-refractivity contribution >= 4 is 33.5 Å². The summed E-state index contributed by atoms with van der Waals surface area (Å²) in [7, 11) is -4.01. The van der Waals surface area contributed by atoms with Gasteiger partial charge in [0, 0.05) is 26.2 Å². The van der Waals surface area contributed by atoms with Crippen LogP contribution in [0.2, 0.25) is 5.02 Å². The molecule has 1 heterocycles. The van der Waals surface area contributed by atoms with Crippen molar-refractivity contribution in [2.45, 2.75) is 36.7 Å². The second kappa shape index (κ2) is 12.4. The number of ether oxygens (including phenoxy) is 2. The van der Waals surface area contributed by atoms with Crippen molar-refractivity contribution in [2.24, 2.45) is 0 Å². The van der Waals surface area contributed by atoms with E-state index in [4.69, 9.17) is 31.6 Å². The van der Waals surface area contributed by atoms with Crippen LogP contribution in [0.25, 0.3) is 0 Å². The first-order valence-corrected chi connectivity index (χ1v) is 11.7. The molecule has 0 aliphatic carbocycles. The van der Waals surface area contributed by atoms with Gasteiger partial charge in [0.1, 0.15) is 4.90 Å². The van der Waals surface area contributed by atoms with Crippen molar-refractivity contribution in [3.8, 4) is 12.1 Å². The fraction of sp³-hybridized carbons (Fsp3) is 0.500. The third-order valence-corrected chi connectivity index (χ3v) is 6.55. The molecule has 10 nitrogen and oxygen atoms in total. The Labute approximate surface area is 191 Å². The van der Waals surface area contributed by atoms with Gasteiger partial charge in [-0.25, -0.2) is 17.9 Å². The van der Waals surface area contributed by atoms with Crippen molar-refractivity contribution in [1.82, 2.24) is 9.62 Å². The van der Waals surface area contributed by atoms with Gasteiger partial charge in [0.05, 0.1) is 41.7 Å². The van der Waals surface area contributed by atoms with Gasteiger partial charge in [0.15, 0.2) is 6.61 Å². The number of benzene rings is 1. The lowest BCUT2D eigenvalue weighted by molar-refractivity contribution is -0.134. The van der Waals surface area contributed by atoms with E-state index >= 15 is 0 Å². The minimum Gasteiger partial charge on any atom is -0.452 e. The summed E-state index contributed by atoms with van der Waals surface area (Å²) < 4.78 is 38.1. The summed E-state index contributed by atoms with van der Waals surface area (Å²) in [5, 5.41) is 17.3. The number of carbonyl (C=O) groups excluding carboxylic acids is 2. The molecule has 1 aliphatic heterocycles. The minimum atomic E-state index is -4.01. The number of hydrogen-bond acceptors (Lipinski definition) is 8. The zero-order valence-corrected chi connectivity index (χ0v) is 18.8. The summed E-state index contributed by atoms with van der Waals surface area (Å²) in [6.07, 6.45) is 1.53. The van der Waals surface area contributed by atoms with Crippen molar-refractivity contribution in [3.05, 3.63) is 28.8 Å². The molecule has 32 heavy (non-hydrogen) atoms. The van der Waals surface area contributed by atoms with E-state index in [1.807, 2.05) is 12.1 Å². The van der Waals surface area contributed by atoms with E-state index in [2.05, 4.69) is 4.72 Å². The van der Waals surface area contributed by atoms with Gasteiger partial charge in [-0.3, -0.25) is 4.79 Å². The molecule has 1 fully saturated rings. The number of nitriles is 2. The van der Waals surface area contributed by atoms with E-state index in [9.17, 15) is 18.0 Å². The molecule has 1 aromatic rings. The largest absolute Gasteiger partial charge is 0.452 e. The predicted octanol–water partition coefficient (Wildman–Crippen LogP) is 1.61. The smallest absolute Gasteiger partial charge is 0.338 e. The molecular formula is C20H23ClN4O6S. The molecule has 0 radical (unpaired) electrons. The van der Waals surface area contributed by atoms with Crippen molar-refractivity contribution < 1.29 is 27.5 Å². The highest BCUT2D eigenvalue weighted by Gasteiger charge is 2.24. The molecule has 1 aromatic carbocycles. The van der Waals surface area contributed by atoms with E-state index in [0.717, 1.165) is 18.9 Å². The molecule has 1 saturated heterocycles. The molecule has 0 saturated carbocycles. The highest BCUT2D eigenvalue weighted by Crippen LogP contribution is 2.23. The van der Waals surface area contributed by atoms with Crippen LogP contribution in [0, 0.1) is 22.7 Å². The van der Waals surface area contributed by atoms with Crippen molar-refractivity contribution in [3.63, 3.8) is 0 Å². The zero-order valence-electron chi connectivity index (χ0n) is 17.3. The second-order valence-corrected chi connectivity index (χ2v) is 9.05. The van der Waals surface area contributed by atoms with E-state index in [-0.39, 0.29) is 54.1 Å². The van der Waals surface area contributed by atoms with Gasteiger partial charge >= 0.3 is 5.97 Å². The molecule has 0 spiro atoms. The van der Waals surface area contributed by atoms with Gasteiger partial charge < -0.3 is 14.4 Å². The summed E-state index contributed by atoms with van der Waals surface area (Å²) in [6, 6.07) is 7.44. The Morgan fingerprint density at radius 2 is 1.94 bits per heavy atom. The normalized spacial score (nSPS) is 15.5. The molecule has 172 valence electrons. The molecule has 1 N–H and O–H groups in total. The molecule has 0 aromatic heterocycles. The van der Waals surface area contributed by atoms with Crippen LogP contribution in [0.4, 0.5) is 0 Å². The number of rotatable bonds is 11. The number of amides is 1. The average molecular weight is 483 g/mol. The van der Waals surface area contributed by atoms with E-state index in [1.54, 1.807) is 0 Å². The number of halogens is 1.